The Bertz CT molecular complexity index is 2680. The molecule has 0 fully saturated rings. The summed E-state index contributed by atoms with van der Waals surface area (Å²) in [5.41, 5.74) is 12.4. The molecule has 7 aromatic rings. The highest BCUT2D eigenvalue weighted by Gasteiger charge is 2.24. The highest BCUT2D eigenvalue weighted by Crippen LogP contribution is 2.39. The molecule has 0 spiro atoms. The van der Waals surface area contributed by atoms with Crippen molar-refractivity contribution in [1.29, 1.82) is 0 Å². The van der Waals surface area contributed by atoms with E-state index in [9.17, 15) is 0 Å². The number of ether oxygens (including phenoxy) is 3. The van der Waals surface area contributed by atoms with Gasteiger partial charge in [-0.25, -0.2) is 4.90 Å². The molecule has 7 aromatic carbocycles. The van der Waals surface area contributed by atoms with Gasteiger partial charge < -0.3 is 28.9 Å². The molecule has 7 heteroatoms. The van der Waals surface area contributed by atoms with E-state index in [-0.39, 0.29) is 0 Å². The second-order valence-corrected chi connectivity index (χ2v) is 15.4. The molecule has 1 aliphatic rings. The van der Waals surface area contributed by atoms with Gasteiger partial charge in [-0.1, -0.05) is 73.3 Å². The number of allylic oxidation sites excluding steroid dienone is 7. The number of para-hydroxylation sites is 2. The molecule has 0 saturated heterocycles. The van der Waals surface area contributed by atoms with Crippen molar-refractivity contribution in [2.24, 2.45) is 0 Å². The Morgan fingerprint density at radius 2 is 0.938 bits per heavy atom. The fraction of sp³-hybridized carbons (Fsp3) is 0.103. The molecule has 8 rings (SSSR count). The molecular formula is C58H55N4O3+. The smallest absolute Gasteiger partial charge is 0.141 e. The highest BCUT2D eigenvalue weighted by molar-refractivity contribution is 5.79. The van der Waals surface area contributed by atoms with Crippen molar-refractivity contribution >= 4 is 51.2 Å². The summed E-state index contributed by atoms with van der Waals surface area (Å²) in [5.74, 6) is 2.38. The fourth-order valence-electron chi connectivity index (χ4n) is 8.23. The summed E-state index contributed by atoms with van der Waals surface area (Å²) in [7, 11) is 5.10. The number of methoxy groups -OCH3 is 3. The molecule has 1 aliphatic carbocycles. The number of quaternary nitrogens is 1. The number of hydrogen-bond donors (Lipinski definition) is 1. The van der Waals surface area contributed by atoms with E-state index >= 15 is 0 Å². The Labute approximate surface area is 384 Å². The van der Waals surface area contributed by atoms with Gasteiger partial charge in [0.05, 0.1) is 21.3 Å². The van der Waals surface area contributed by atoms with E-state index in [1.165, 1.54) is 5.70 Å². The minimum Gasteiger partial charge on any atom is -0.497 e. The van der Waals surface area contributed by atoms with Gasteiger partial charge in [0.25, 0.3) is 0 Å². The first-order valence-corrected chi connectivity index (χ1v) is 21.9. The quantitative estimate of drug-likeness (QED) is 0.0921. The molecule has 1 N–H and O–H groups in total. The Kier molecular flexibility index (Phi) is 14.0. The topological polar surface area (TPSA) is 41.8 Å². The lowest BCUT2D eigenvalue weighted by Gasteiger charge is -2.29. The van der Waals surface area contributed by atoms with E-state index in [1.54, 1.807) is 21.3 Å². The third kappa shape index (κ3) is 10.1. The van der Waals surface area contributed by atoms with Crippen molar-refractivity contribution in [2.75, 3.05) is 36.0 Å². The highest BCUT2D eigenvalue weighted by atomic mass is 16.5. The van der Waals surface area contributed by atoms with Crippen LogP contribution in [-0.2, 0) is 0 Å². The Balaban J connectivity index is 1.21. The molecular weight excluding hydrogens is 801 g/mol. The summed E-state index contributed by atoms with van der Waals surface area (Å²) < 4.78 is 16.9. The zero-order chi connectivity index (χ0) is 45.0. The van der Waals surface area contributed by atoms with Gasteiger partial charge in [0.2, 0.25) is 0 Å². The first-order valence-electron chi connectivity index (χ1n) is 21.9. The Morgan fingerprint density at radius 1 is 0.508 bits per heavy atom. The maximum atomic E-state index is 5.65. The van der Waals surface area contributed by atoms with Crippen LogP contribution in [0.2, 0.25) is 0 Å². The van der Waals surface area contributed by atoms with Crippen LogP contribution in [0.25, 0.3) is 0 Å². The molecule has 65 heavy (non-hydrogen) atoms. The van der Waals surface area contributed by atoms with E-state index in [1.807, 2.05) is 48.5 Å². The number of hydrogen-bond acceptors (Lipinski definition) is 6. The third-order valence-corrected chi connectivity index (χ3v) is 11.4. The molecule has 0 aromatic heterocycles. The SMILES string of the molecule is C=C(C=CC(=CC)[NH+](c1ccc(N(c2ccccc2)c2cccc(OC)c2)cc1)c1ccc(N(c2ccccc2)c2cccc(OC)c2)cc1)N(C1=CC=CCC1)c1cccc(OC)c1. The first kappa shape index (κ1) is 43.6. The maximum Gasteiger partial charge on any atom is 0.141 e. The van der Waals surface area contributed by atoms with Crippen molar-refractivity contribution < 1.29 is 19.1 Å². The van der Waals surface area contributed by atoms with Crippen molar-refractivity contribution in [3.05, 3.63) is 242 Å². The first-order chi connectivity index (χ1) is 32.0. The van der Waals surface area contributed by atoms with Gasteiger partial charge in [0.15, 0.2) is 0 Å². The molecule has 0 unspecified atom stereocenters. The summed E-state index contributed by atoms with van der Waals surface area (Å²) in [5, 5.41) is 0. The zero-order valence-electron chi connectivity index (χ0n) is 37.5. The lowest BCUT2D eigenvalue weighted by atomic mass is 10.1. The van der Waals surface area contributed by atoms with Crippen LogP contribution in [0, 0.1) is 0 Å². The number of nitrogens with one attached hydrogen (secondary N) is 1. The van der Waals surface area contributed by atoms with Crippen molar-refractivity contribution in [2.45, 2.75) is 19.8 Å². The van der Waals surface area contributed by atoms with E-state index in [2.05, 4.69) is 198 Å². The van der Waals surface area contributed by atoms with E-state index < -0.39 is 0 Å². The second kappa shape index (κ2) is 20.9. The summed E-state index contributed by atoms with van der Waals surface area (Å²) in [4.78, 5) is 7.82. The van der Waals surface area contributed by atoms with Gasteiger partial charge in [0.1, 0.15) is 34.3 Å². The Hall–Kier alpha value is -8.00. The minimum absolute atomic E-state index is 0.794. The van der Waals surface area contributed by atoms with Gasteiger partial charge in [-0.15, -0.1) is 0 Å². The lowest BCUT2D eigenvalue weighted by Crippen LogP contribution is -3.00. The lowest BCUT2D eigenvalue weighted by molar-refractivity contribution is -0.710. The molecule has 0 atom stereocenters. The summed E-state index contributed by atoms with van der Waals surface area (Å²) >= 11 is 0. The molecule has 0 amide bonds. The van der Waals surface area contributed by atoms with Crippen LogP contribution in [0.4, 0.5) is 51.2 Å². The van der Waals surface area contributed by atoms with Crippen LogP contribution < -0.4 is 33.8 Å². The predicted molar refractivity (Wildman–Crippen MR) is 270 cm³/mol. The van der Waals surface area contributed by atoms with Crippen LogP contribution in [0.15, 0.2) is 242 Å². The number of anilines is 7. The molecule has 0 heterocycles. The monoisotopic (exact) mass is 855 g/mol. The average molecular weight is 856 g/mol. The standard InChI is InChI=1S/C58H54N4O3/c1-6-45(32-31-44(2)59(46-19-10-7-11-20-46)53-25-16-28-56(41-53)63-3)60(49-33-37-51(38-34-49)61(47-21-12-8-13-22-47)54-26-17-29-57(42-54)64-4)50-35-39-52(40-36-50)62(48-23-14-9-15-24-48)55-27-18-30-58(43-55)65-5/h6-10,12-19,21-43H,2,11,20H2,1,3-5H3/p+1. The molecule has 324 valence electrons. The van der Waals surface area contributed by atoms with Gasteiger partial charge in [-0.2, -0.15) is 0 Å². The van der Waals surface area contributed by atoms with Crippen LogP contribution in [0.3, 0.4) is 0 Å². The van der Waals surface area contributed by atoms with Crippen molar-refractivity contribution in [3.8, 4) is 17.2 Å². The molecule has 0 saturated carbocycles. The van der Waals surface area contributed by atoms with Crippen LogP contribution in [0.5, 0.6) is 17.2 Å². The van der Waals surface area contributed by atoms with Gasteiger partial charge >= 0.3 is 0 Å². The zero-order valence-corrected chi connectivity index (χ0v) is 37.5. The number of benzene rings is 7. The fourth-order valence-corrected chi connectivity index (χ4v) is 8.23. The van der Waals surface area contributed by atoms with Crippen LogP contribution in [-0.4, -0.2) is 21.3 Å². The molecule has 0 aliphatic heterocycles. The summed E-state index contributed by atoms with van der Waals surface area (Å²) in [6.07, 6.45) is 14.9. The van der Waals surface area contributed by atoms with E-state index in [4.69, 9.17) is 14.2 Å². The third-order valence-electron chi connectivity index (χ3n) is 11.4. The van der Waals surface area contributed by atoms with Crippen LogP contribution in [0.1, 0.15) is 19.8 Å². The maximum absolute atomic E-state index is 5.65. The summed E-state index contributed by atoms with van der Waals surface area (Å²) in [6, 6.07) is 63.0. The van der Waals surface area contributed by atoms with Crippen molar-refractivity contribution in [1.82, 2.24) is 0 Å². The number of rotatable bonds is 17. The van der Waals surface area contributed by atoms with Gasteiger partial charge in [-0.05, 0) is 123 Å². The second-order valence-electron chi connectivity index (χ2n) is 15.4. The average Bonchev–Trinajstić information content (AvgIpc) is 3.37. The van der Waals surface area contributed by atoms with Gasteiger partial charge in [-0.3, -0.25) is 0 Å². The Morgan fingerprint density at radius 3 is 1.37 bits per heavy atom. The minimum atomic E-state index is 0.794. The number of nitrogens with zero attached hydrogens (tertiary/aromatic N) is 3. The molecule has 0 bridgehead atoms. The molecule has 0 radical (unpaired) electrons. The van der Waals surface area contributed by atoms with E-state index in [0.29, 0.717) is 0 Å². The van der Waals surface area contributed by atoms with Crippen molar-refractivity contribution in [3.63, 3.8) is 0 Å². The van der Waals surface area contributed by atoms with Gasteiger partial charge in [0, 0.05) is 99.7 Å². The molecule has 7 nitrogen and oxygen atoms in total. The largest absolute Gasteiger partial charge is 0.497 e. The summed E-state index contributed by atoms with van der Waals surface area (Å²) in [6.45, 7) is 6.74. The predicted octanol–water partition coefficient (Wildman–Crippen LogP) is 14.2. The normalized spacial score (nSPS) is 12.4. The van der Waals surface area contributed by atoms with Crippen LogP contribution >= 0.6 is 0 Å². The van der Waals surface area contributed by atoms with E-state index in [0.717, 1.165) is 97.6 Å².